The van der Waals surface area contributed by atoms with Crippen LogP contribution in [0.5, 0.6) is 0 Å². The Bertz CT molecular complexity index is 265. The van der Waals surface area contributed by atoms with Crippen molar-refractivity contribution in [3.8, 4) is 0 Å². The summed E-state index contributed by atoms with van der Waals surface area (Å²) in [5.74, 6) is 0.225. The molecule has 2 unspecified atom stereocenters. The zero-order valence-corrected chi connectivity index (χ0v) is 10.4. The van der Waals surface area contributed by atoms with Crippen molar-refractivity contribution in [1.82, 2.24) is 4.90 Å². The van der Waals surface area contributed by atoms with Crippen LogP contribution in [-0.4, -0.2) is 36.5 Å². The van der Waals surface area contributed by atoms with E-state index >= 15 is 0 Å². The first kappa shape index (κ1) is 13.0. The number of nitrogens with zero attached hydrogens (tertiary/aromatic N) is 1. The lowest BCUT2D eigenvalue weighted by Crippen LogP contribution is -2.34. The molecule has 0 aromatic carbocycles. The maximum Gasteiger partial charge on any atom is 0.325 e. The van der Waals surface area contributed by atoms with Crippen LogP contribution < -0.4 is 0 Å². The van der Waals surface area contributed by atoms with E-state index in [0.29, 0.717) is 5.92 Å². The molecule has 0 N–H and O–H groups in total. The minimum absolute atomic E-state index is 0.0524. The first-order chi connectivity index (χ1) is 7.49. The van der Waals surface area contributed by atoms with Crippen LogP contribution in [0, 0.1) is 5.92 Å². The largest absolute Gasteiger partial charge is 0.461 e. The van der Waals surface area contributed by atoms with Crippen molar-refractivity contribution in [2.75, 3.05) is 13.6 Å². The summed E-state index contributed by atoms with van der Waals surface area (Å²) < 4.78 is 5.35. The van der Waals surface area contributed by atoms with Crippen LogP contribution in [0.3, 0.4) is 0 Å². The van der Waals surface area contributed by atoms with Gasteiger partial charge in [0.15, 0.2) is 0 Å². The van der Waals surface area contributed by atoms with Crippen molar-refractivity contribution in [1.29, 1.82) is 0 Å². The summed E-state index contributed by atoms with van der Waals surface area (Å²) in [7, 11) is 1.60. The number of carbonyl (C=O) groups excluding carboxylic acids is 2. The van der Waals surface area contributed by atoms with Crippen molar-refractivity contribution in [3.05, 3.63) is 0 Å². The molecule has 4 nitrogen and oxygen atoms in total. The van der Waals surface area contributed by atoms with Gasteiger partial charge in [0.1, 0.15) is 12.6 Å². The molecule has 1 aliphatic carbocycles. The third-order valence-corrected chi connectivity index (χ3v) is 3.09. The Balaban J connectivity index is 2.30. The molecule has 1 saturated carbocycles. The molecule has 92 valence electrons. The Labute approximate surface area is 96.9 Å². The fourth-order valence-corrected chi connectivity index (χ4v) is 2.01. The molecule has 0 aliphatic heterocycles. The van der Waals surface area contributed by atoms with Gasteiger partial charge < -0.3 is 9.64 Å². The highest BCUT2D eigenvalue weighted by molar-refractivity contribution is 5.80. The summed E-state index contributed by atoms with van der Waals surface area (Å²) in [6, 6.07) is 0. The molecule has 0 saturated heterocycles. The first-order valence-electron chi connectivity index (χ1n) is 5.90. The van der Waals surface area contributed by atoms with E-state index in [-0.39, 0.29) is 24.5 Å². The summed E-state index contributed by atoms with van der Waals surface area (Å²) in [6.45, 7) is 3.68. The molecule has 1 rings (SSSR count). The van der Waals surface area contributed by atoms with E-state index in [1.807, 2.05) is 0 Å². The number of hydrogen-bond donors (Lipinski definition) is 0. The van der Waals surface area contributed by atoms with Gasteiger partial charge in [-0.1, -0.05) is 13.3 Å². The Kier molecular flexibility index (Phi) is 4.77. The smallest absolute Gasteiger partial charge is 0.325 e. The predicted molar refractivity (Wildman–Crippen MR) is 60.8 cm³/mol. The standard InChI is InChI=1S/C12H21NO3/c1-9-5-4-6-11(7-9)16-12(15)8-13(3)10(2)14/h9,11H,4-8H2,1-3H3. The van der Waals surface area contributed by atoms with Gasteiger partial charge in [-0.05, 0) is 25.2 Å². The second-order valence-electron chi connectivity index (χ2n) is 4.76. The zero-order valence-electron chi connectivity index (χ0n) is 10.4. The Morgan fingerprint density at radius 2 is 2.06 bits per heavy atom. The Morgan fingerprint density at radius 3 is 2.62 bits per heavy atom. The van der Waals surface area contributed by atoms with Crippen molar-refractivity contribution < 1.29 is 14.3 Å². The van der Waals surface area contributed by atoms with Gasteiger partial charge in [0.05, 0.1) is 0 Å². The van der Waals surface area contributed by atoms with Crippen molar-refractivity contribution >= 4 is 11.9 Å². The van der Waals surface area contributed by atoms with Crippen LogP contribution in [-0.2, 0) is 14.3 Å². The first-order valence-corrected chi connectivity index (χ1v) is 5.90. The number of esters is 1. The van der Waals surface area contributed by atoms with Crippen LogP contribution in [0.2, 0.25) is 0 Å². The molecule has 0 radical (unpaired) electrons. The molecule has 0 aromatic rings. The molecule has 0 spiro atoms. The van der Waals surface area contributed by atoms with Gasteiger partial charge in [0, 0.05) is 14.0 Å². The highest BCUT2D eigenvalue weighted by atomic mass is 16.5. The number of hydrogen-bond acceptors (Lipinski definition) is 3. The number of likely N-dealkylation sites (N-methyl/N-ethyl adjacent to an activating group) is 1. The van der Waals surface area contributed by atoms with Gasteiger partial charge in [-0.25, -0.2) is 0 Å². The fraction of sp³-hybridized carbons (Fsp3) is 0.833. The third-order valence-electron chi connectivity index (χ3n) is 3.09. The highest BCUT2D eigenvalue weighted by Gasteiger charge is 2.22. The average Bonchev–Trinajstić information content (AvgIpc) is 2.16. The summed E-state index contributed by atoms with van der Waals surface area (Å²) in [6.07, 6.45) is 4.31. The van der Waals surface area contributed by atoms with Crippen LogP contribution in [0.25, 0.3) is 0 Å². The highest BCUT2D eigenvalue weighted by Crippen LogP contribution is 2.25. The molecule has 0 aromatic heterocycles. The average molecular weight is 227 g/mol. The molecule has 2 atom stereocenters. The third kappa shape index (κ3) is 4.21. The van der Waals surface area contributed by atoms with E-state index in [1.165, 1.54) is 18.2 Å². The van der Waals surface area contributed by atoms with E-state index in [4.69, 9.17) is 4.74 Å². The number of ether oxygens (including phenoxy) is 1. The Morgan fingerprint density at radius 1 is 1.38 bits per heavy atom. The number of amides is 1. The molecular formula is C12H21NO3. The summed E-state index contributed by atoms with van der Waals surface area (Å²) >= 11 is 0. The molecule has 1 fully saturated rings. The molecule has 16 heavy (non-hydrogen) atoms. The lowest BCUT2D eigenvalue weighted by molar-refractivity contribution is -0.154. The normalized spacial score (nSPS) is 24.9. The molecule has 1 aliphatic rings. The van der Waals surface area contributed by atoms with Gasteiger partial charge in [-0.15, -0.1) is 0 Å². The summed E-state index contributed by atoms with van der Waals surface area (Å²) in [5.41, 5.74) is 0. The quantitative estimate of drug-likeness (QED) is 0.688. The van der Waals surface area contributed by atoms with Gasteiger partial charge in [0.2, 0.25) is 5.91 Å². The molecule has 4 heteroatoms. The Hall–Kier alpha value is -1.06. The fourth-order valence-electron chi connectivity index (χ4n) is 2.01. The van der Waals surface area contributed by atoms with Crippen LogP contribution in [0.4, 0.5) is 0 Å². The maximum absolute atomic E-state index is 11.5. The van der Waals surface area contributed by atoms with E-state index in [9.17, 15) is 9.59 Å². The minimum atomic E-state index is -0.295. The topological polar surface area (TPSA) is 46.6 Å². The van der Waals surface area contributed by atoms with E-state index in [1.54, 1.807) is 7.05 Å². The summed E-state index contributed by atoms with van der Waals surface area (Å²) in [4.78, 5) is 23.8. The van der Waals surface area contributed by atoms with E-state index in [2.05, 4.69) is 6.92 Å². The predicted octanol–water partition coefficient (Wildman–Crippen LogP) is 1.59. The molecular weight excluding hydrogens is 206 g/mol. The van der Waals surface area contributed by atoms with Crippen molar-refractivity contribution in [2.45, 2.75) is 45.6 Å². The van der Waals surface area contributed by atoms with Gasteiger partial charge in [0.25, 0.3) is 0 Å². The van der Waals surface area contributed by atoms with E-state index in [0.717, 1.165) is 19.3 Å². The monoisotopic (exact) mass is 227 g/mol. The van der Waals surface area contributed by atoms with Gasteiger partial charge in [-0.2, -0.15) is 0 Å². The second kappa shape index (κ2) is 5.87. The van der Waals surface area contributed by atoms with Gasteiger partial charge >= 0.3 is 5.97 Å². The molecule has 1 amide bonds. The lowest BCUT2D eigenvalue weighted by atomic mass is 9.89. The lowest BCUT2D eigenvalue weighted by Gasteiger charge is -2.27. The zero-order chi connectivity index (χ0) is 12.1. The molecule has 0 heterocycles. The van der Waals surface area contributed by atoms with Crippen molar-refractivity contribution in [2.24, 2.45) is 5.92 Å². The SMILES string of the molecule is CC(=O)N(C)CC(=O)OC1CCCC(C)C1. The van der Waals surface area contributed by atoms with Crippen molar-refractivity contribution in [3.63, 3.8) is 0 Å². The summed E-state index contributed by atoms with van der Waals surface area (Å²) in [5, 5.41) is 0. The van der Waals surface area contributed by atoms with Crippen LogP contribution >= 0.6 is 0 Å². The molecule has 0 bridgehead atoms. The number of carbonyl (C=O) groups is 2. The number of rotatable bonds is 3. The second-order valence-corrected chi connectivity index (χ2v) is 4.76. The minimum Gasteiger partial charge on any atom is -0.461 e. The maximum atomic E-state index is 11.5. The van der Waals surface area contributed by atoms with Crippen LogP contribution in [0.1, 0.15) is 39.5 Å². The van der Waals surface area contributed by atoms with E-state index < -0.39 is 0 Å². The van der Waals surface area contributed by atoms with Gasteiger partial charge in [-0.3, -0.25) is 9.59 Å². The van der Waals surface area contributed by atoms with Crippen LogP contribution in [0.15, 0.2) is 0 Å².